The third kappa shape index (κ3) is 5.30. The summed E-state index contributed by atoms with van der Waals surface area (Å²) >= 11 is 2.02. The lowest BCUT2D eigenvalue weighted by molar-refractivity contribution is -0.120. The van der Waals surface area contributed by atoms with Gasteiger partial charge in [0.1, 0.15) is 0 Å². The van der Waals surface area contributed by atoms with E-state index in [9.17, 15) is 4.79 Å². The van der Waals surface area contributed by atoms with Crippen LogP contribution in [0, 0.1) is 0 Å². The van der Waals surface area contributed by atoms with Crippen molar-refractivity contribution in [2.24, 2.45) is 0 Å². The Labute approximate surface area is 109 Å². The molecular weight excluding hydrogens is 232 g/mol. The first-order chi connectivity index (χ1) is 8.17. The van der Waals surface area contributed by atoms with E-state index in [1.54, 1.807) is 0 Å². The van der Waals surface area contributed by atoms with Crippen molar-refractivity contribution in [1.82, 2.24) is 10.6 Å². The maximum Gasteiger partial charge on any atom is 0.234 e. The van der Waals surface area contributed by atoms with Crippen molar-refractivity contribution in [2.45, 2.75) is 63.8 Å². The standard InChI is InChI=1S/C13H26N2OS/c1-4-10(3)15-13(16)9-14-11-7-6-8-12(11)17-5-2/h10-12,14H,4-9H2,1-3H3,(H,15,16). The van der Waals surface area contributed by atoms with Gasteiger partial charge in [0, 0.05) is 17.3 Å². The van der Waals surface area contributed by atoms with Crippen LogP contribution in [0.5, 0.6) is 0 Å². The third-order valence-electron chi connectivity index (χ3n) is 3.38. The van der Waals surface area contributed by atoms with Gasteiger partial charge in [-0.15, -0.1) is 0 Å². The quantitative estimate of drug-likeness (QED) is 0.735. The van der Waals surface area contributed by atoms with Crippen molar-refractivity contribution in [3.63, 3.8) is 0 Å². The molecule has 0 aromatic heterocycles. The normalized spacial score (nSPS) is 25.8. The number of thioether (sulfide) groups is 1. The van der Waals surface area contributed by atoms with Gasteiger partial charge in [0.05, 0.1) is 6.54 Å². The van der Waals surface area contributed by atoms with Gasteiger partial charge in [-0.3, -0.25) is 4.79 Å². The Kier molecular flexibility index (Phi) is 6.97. The molecule has 3 atom stereocenters. The second kappa shape index (κ2) is 7.98. The van der Waals surface area contributed by atoms with E-state index in [2.05, 4.69) is 24.5 Å². The van der Waals surface area contributed by atoms with Crippen LogP contribution in [0.15, 0.2) is 0 Å². The zero-order chi connectivity index (χ0) is 12.7. The number of carbonyl (C=O) groups excluding carboxylic acids is 1. The first-order valence-electron chi connectivity index (χ1n) is 6.81. The molecule has 1 aliphatic carbocycles. The molecule has 1 saturated carbocycles. The fourth-order valence-electron chi connectivity index (χ4n) is 2.22. The summed E-state index contributed by atoms with van der Waals surface area (Å²) in [5.74, 6) is 1.30. The van der Waals surface area contributed by atoms with Crippen LogP contribution >= 0.6 is 11.8 Å². The Balaban J connectivity index is 2.22. The van der Waals surface area contributed by atoms with E-state index in [4.69, 9.17) is 0 Å². The summed E-state index contributed by atoms with van der Waals surface area (Å²) in [4.78, 5) is 11.7. The number of rotatable bonds is 7. The molecule has 0 bridgehead atoms. The molecule has 0 radical (unpaired) electrons. The summed E-state index contributed by atoms with van der Waals surface area (Å²) in [6, 6.07) is 0.816. The lowest BCUT2D eigenvalue weighted by Crippen LogP contribution is -2.43. The summed E-state index contributed by atoms with van der Waals surface area (Å²) < 4.78 is 0. The largest absolute Gasteiger partial charge is 0.353 e. The molecule has 4 heteroatoms. The van der Waals surface area contributed by atoms with Gasteiger partial charge in [0.2, 0.25) is 5.91 Å². The van der Waals surface area contributed by atoms with Crippen LogP contribution in [0.25, 0.3) is 0 Å². The van der Waals surface area contributed by atoms with Gasteiger partial charge in [-0.05, 0) is 31.9 Å². The van der Waals surface area contributed by atoms with E-state index in [-0.39, 0.29) is 11.9 Å². The number of amides is 1. The summed E-state index contributed by atoms with van der Waals surface area (Å²) in [5, 5.41) is 7.11. The molecule has 0 aliphatic heterocycles. The van der Waals surface area contributed by atoms with E-state index >= 15 is 0 Å². The smallest absolute Gasteiger partial charge is 0.234 e. The van der Waals surface area contributed by atoms with Crippen molar-refractivity contribution >= 4 is 17.7 Å². The Morgan fingerprint density at radius 2 is 2.18 bits per heavy atom. The molecular formula is C13H26N2OS. The van der Waals surface area contributed by atoms with Gasteiger partial charge >= 0.3 is 0 Å². The number of hydrogen-bond donors (Lipinski definition) is 2. The van der Waals surface area contributed by atoms with Crippen LogP contribution in [0.4, 0.5) is 0 Å². The highest BCUT2D eigenvalue weighted by Crippen LogP contribution is 2.29. The fourth-order valence-corrected chi connectivity index (χ4v) is 3.45. The maximum absolute atomic E-state index is 11.7. The lowest BCUT2D eigenvalue weighted by Gasteiger charge is -2.20. The fraction of sp³-hybridized carbons (Fsp3) is 0.923. The number of nitrogens with one attached hydrogen (secondary N) is 2. The molecule has 1 rings (SSSR count). The van der Waals surface area contributed by atoms with Crippen molar-refractivity contribution in [3.8, 4) is 0 Å². The van der Waals surface area contributed by atoms with Gasteiger partial charge < -0.3 is 10.6 Å². The minimum atomic E-state index is 0.131. The molecule has 100 valence electrons. The van der Waals surface area contributed by atoms with E-state index in [1.165, 1.54) is 25.0 Å². The van der Waals surface area contributed by atoms with Crippen LogP contribution in [-0.4, -0.2) is 35.5 Å². The molecule has 2 N–H and O–H groups in total. The van der Waals surface area contributed by atoms with Crippen LogP contribution in [0.1, 0.15) is 46.5 Å². The van der Waals surface area contributed by atoms with E-state index < -0.39 is 0 Å². The molecule has 1 fully saturated rings. The van der Waals surface area contributed by atoms with Gasteiger partial charge in [-0.25, -0.2) is 0 Å². The summed E-state index contributed by atoms with van der Waals surface area (Å²) in [6.45, 7) is 6.80. The SMILES string of the molecule is CCSC1CCCC1NCC(=O)NC(C)CC. The van der Waals surface area contributed by atoms with E-state index in [0.717, 1.165) is 6.42 Å². The molecule has 0 heterocycles. The first-order valence-corrected chi connectivity index (χ1v) is 7.86. The topological polar surface area (TPSA) is 41.1 Å². The Bertz CT molecular complexity index is 235. The summed E-state index contributed by atoms with van der Waals surface area (Å²) in [6.07, 6.45) is 4.79. The average molecular weight is 258 g/mol. The Hall–Kier alpha value is -0.220. The molecule has 3 nitrogen and oxygen atoms in total. The van der Waals surface area contributed by atoms with Crippen LogP contribution in [-0.2, 0) is 4.79 Å². The third-order valence-corrected chi connectivity index (χ3v) is 4.70. The van der Waals surface area contributed by atoms with Crippen LogP contribution in [0.3, 0.4) is 0 Å². The molecule has 0 spiro atoms. The predicted octanol–water partition coefficient (Wildman–Crippen LogP) is 2.16. The summed E-state index contributed by atoms with van der Waals surface area (Å²) in [7, 11) is 0. The highest BCUT2D eigenvalue weighted by Gasteiger charge is 2.26. The molecule has 3 unspecified atom stereocenters. The summed E-state index contributed by atoms with van der Waals surface area (Å²) in [5.41, 5.74) is 0. The van der Waals surface area contributed by atoms with E-state index in [1.807, 2.05) is 18.7 Å². The maximum atomic E-state index is 11.7. The van der Waals surface area contributed by atoms with Crippen LogP contribution < -0.4 is 10.6 Å². The molecule has 17 heavy (non-hydrogen) atoms. The van der Waals surface area contributed by atoms with Crippen LogP contribution in [0.2, 0.25) is 0 Å². The molecule has 1 amide bonds. The van der Waals surface area contributed by atoms with Crippen molar-refractivity contribution in [3.05, 3.63) is 0 Å². The zero-order valence-electron chi connectivity index (χ0n) is 11.3. The highest BCUT2D eigenvalue weighted by molar-refractivity contribution is 7.99. The highest BCUT2D eigenvalue weighted by atomic mass is 32.2. The zero-order valence-corrected chi connectivity index (χ0v) is 12.1. The first kappa shape index (κ1) is 14.8. The molecule has 0 saturated heterocycles. The van der Waals surface area contributed by atoms with Crippen molar-refractivity contribution in [2.75, 3.05) is 12.3 Å². The number of hydrogen-bond acceptors (Lipinski definition) is 3. The van der Waals surface area contributed by atoms with Gasteiger partial charge in [-0.2, -0.15) is 11.8 Å². The van der Waals surface area contributed by atoms with Gasteiger partial charge in [-0.1, -0.05) is 20.3 Å². The second-order valence-electron chi connectivity index (χ2n) is 4.79. The van der Waals surface area contributed by atoms with Crippen molar-refractivity contribution in [1.29, 1.82) is 0 Å². The van der Waals surface area contributed by atoms with Gasteiger partial charge in [0.25, 0.3) is 0 Å². The average Bonchev–Trinajstić information content (AvgIpc) is 2.74. The Morgan fingerprint density at radius 3 is 2.82 bits per heavy atom. The monoisotopic (exact) mass is 258 g/mol. The minimum absolute atomic E-state index is 0.131. The van der Waals surface area contributed by atoms with E-state index in [0.29, 0.717) is 17.8 Å². The number of carbonyl (C=O) groups is 1. The molecule has 1 aliphatic rings. The Morgan fingerprint density at radius 1 is 1.41 bits per heavy atom. The van der Waals surface area contributed by atoms with Gasteiger partial charge in [0.15, 0.2) is 0 Å². The molecule has 0 aromatic rings. The predicted molar refractivity (Wildman–Crippen MR) is 75.5 cm³/mol. The second-order valence-corrected chi connectivity index (χ2v) is 6.31. The minimum Gasteiger partial charge on any atom is -0.353 e. The lowest BCUT2D eigenvalue weighted by atomic mass is 10.2. The molecule has 0 aromatic carbocycles. The van der Waals surface area contributed by atoms with Crippen molar-refractivity contribution < 1.29 is 4.79 Å².